The molecule has 1 aromatic carbocycles. The summed E-state index contributed by atoms with van der Waals surface area (Å²) < 4.78 is 3.07. The van der Waals surface area contributed by atoms with Crippen LogP contribution in [0.3, 0.4) is 0 Å². The van der Waals surface area contributed by atoms with E-state index in [1.807, 2.05) is 46.1 Å². The second-order valence-corrected chi connectivity index (χ2v) is 4.42. The standard InChI is InChI=1S/C13H12N4O3/c18-11-12(19)15-17(13(20)14-11)8-7-16-6-5-9-3-1-2-4-10(9)16/h1-6H,7-8H2,(H,15,19)(H,14,18,20). The van der Waals surface area contributed by atoms with Crippen molar-refractivity contribution in [1.82, 2.24) is 19.3 Å². The minimum Gasteiger partial charge on any atom is -0.346 e. The number of nitrogens with zero attached hydrogens (tertiary/aromatic N) is 2. The van der Waals surface area contributed by atoms with Gasteiger partial charge in [0.05, 0.1) is 6.54 Å². The summed E-state index contributed by atoms with van der Waals surface area (Å²) in [5.41, 5.74) is -1.34. The molecule has 0 radical (unpaired) electrons. The molecule has 20 heavy (non-hydrogen) atoms. The Morgan fingerprint density at radius 3 is 2.60 bits per heavy atom. The molecule has 0 saturated carbocycles. The maximum atomic E-state index is 11.5. The number of rotatable bonds is 3. The number of para-hydroxylation sites is 1. The van der Waals surface area contributed by atoms with Gasteiger partial charge in [-0.1, -0.05) is 18.2 Å². The van der Waals surface area contributed by atoms with E-state index in [2.05, 4.69) is 5.10 Å². The lowest BCUT2D eigenvalue weighted by Gasteiger charge is -2.07. The van der Waals surface area contributed by atoms with Crippen molar-refractivity contribution in [2.24, 2.45) is 0 Å². The van der Waals surface area contributed by atoms with E-state index in [-0.39, 0.29) is 6.54 Å². The molecule has 7 heteroatoms. The predicted molar refractivity (Wildman–Crippen MR) is 73.9 cm³/mol. The maximum absolute atomic E-state index is 11.5. The van der Waals surface area contributed by atoms with Gasteiger partial charge >= 0.3 is 16.8 Å². The molecule has 0 spiro atoms. The van der Waals surface area contributed by atoms with Crippen LogP contribution in [0.1, 0.15) is 0 Å². The lowest BCUT2D eigenvalue weighted by Crippen LogP contribution is -2.43. The van der Waals surface area contributed by atoms with E-state index >= 15 is 0 Å². The van der Waals surface area contributed by atoms with Crippen LogP contribution in [0.25, 0.3) is 10.9 Å². The SMILES string of the molecule is O=c1[nH]c(=O)n(CCn2ccc3ccccc32)[nH]c1=O. The van der Waals surface area contributed by atoms with Crippen molar-refractivity contribution in [1.29, 1.82) is 0 Å². The molecule has 3 rings (SSSR count). The molecule has 0 unspecified atom stereocenters. The Balaban J connectivity index is 1.90. The molecule has 0 saturated heterocycles. The molecule has 0 amide bonds. The molecule has 0 aliphatic rings. The zero-order valence-electron chi connectivity index (χ0n) is 10.5. The van der Waals surface area contributed by atoms with Gasteiger partial charge in [0.15, 0.2) is 0 Å². The highest BCUT2D eigenvalue weighted by atomic mass is 16.2. The summed E-state index contributed by atoms with van der Waals surface area (Å²) in [4.78, 5) is 35.7. The zero-order valence-corrected chi connectivity index (χ0v) is 10.5. The number of aromatic amines is 2. The molecule has 7 nitrogen and oxygen atoms in total. The fraction of sp³-hybridized carbons (Fsp3) is 0.154. The first kappa shape index (κ1) is 12.2. The number of fused-ring (bicyclic) bond motifs is 1. The fourth-order valence-electron chi connectivity index (χ4n) is 2.15. The Morgan fingerprint density at radius 2 is 1.75 bits per heavy atom. The van der Waals surface area contributed by atoms with Gasteiger partial charge in [-0.25, -0.2) is 9.48 Å². The molecule has 2 N–H and O–H groups in total. The first-order valence-corrected chi connectivity index (χ1v) is 6.12. The van der Waals surface area contributed by atoms with Crippen molar-refractivity contribution >= 4 is 10.9 Å². The van der Waals surface area contributed by atoms with Crippen molar-refractivity contribution in [2.45, 2.75) is 13.1 Å². The first-order valence-electron chi connectivity index (χ1n) is 6.12. The van der Waals surface area contributed by atoms with E-state index in [9.17, 15) is 14.4 Å². The molecule has 0 aliphatic heterocycles. The summed E-state index contributed by atoms with van der Waals surface area (Å²) in [6.07, 6.45) is 1.92. The van der Waals surface area contributed by atoms with Crippen LogP contribution in [0.5, 0.6) is 0 Å². The van der Waals surface area contributed by atoms with Crippen LogP contribution in [-0.2, 0) is 13.1 Å². The molecule has 0 fully saturated rings. The molecule has 0 aliphatic carbocycles. The van der Waals surface area contributed by atoms with Gasteiger partial charge in [-0.2, -0.15) is 0 Å². The van der Waals surface area contributed by atoms with Crippen molar-refractivity contribution in [3.05, 3.63) is 67.7 Å². The van der Waals surface area contributed by atoms with E-state index in [1.54, 1.807) is 0 Å². The number of nitrogens with one attached hydrogen (secondary N) is 2. The Labute approximate surface area is 112 Å². The molecule has 3 aromatic rings. The van der Waals surface area contributed by atoms with Crippen molar-refractivity contribution < 1.29 is 0 Å². The third-order valence-corrected chi connectivity index (χ3v) is 3.15. The van der Waals surface area contributed by atoms with E-state index in [0.717, 1.165) is 15.6 Å². The largest absolute Gasteiger partial charge is 0.346 e. The quantitative estimate of drug-likeness (QED) is 0.651. The lowest BCUT2D eigenvalue weighted by molar-refractivity contribution is 0.496. The summed E-state index contributed by atoms with van der Waals surface area (Å²) in [7, 11) is 0. The highest BCUT2D eigenvalue weighted by Crippen LogP contribution is 2.14. The van der Waals surface area contributed by atoms with E-state index in [4.69, 9.17) is 0 Å². The van der Waals surface area contributed by atoms with Crippen LogP contribution in [0.2, 0.25) is 0 Å². The van der Waals surface area contributed by atoms with Crippen molar-refractivity contribution in [3.63, 3.8) is 0 Å². The Kier molecular flexibility index (Phi) is 2.86. The van der Waals surface area contributed by atoms with Gasteiger partial charge in [0.25, 0.3) is 0 Å². The number of hydrogen-bond donors (Lipinski definition) is 2. The zero-order chi connectivity index (χ0) is 14.1. The summed E-state index contributed by atoms with van der Waals surface area (Å²) in [5, 5.41) is 3.35. The Morgan fingerprint density at radius 1 is 0.950 bits per heavy atom. The van der Waals surface area contributed by atoms with Gasteiger partial charge in [-0.3, -0.25) is 19.7 Å². The van der Waals surface area contributed by atoms with E-state index in [0.29, 0.717) is 6.54 Å². The Bertz CT molecular complexity index is 929. The van der Waals surface area contributed by atoms with Crippen molar-refractivity contribution in [3.8, 4) is 0 Å². The van der Waals surface area contributed by atoms with Crippen LogP contribution >= 0.6 is 0 Å². The van der Waals surface area contributed by atoms with Crippen LogP contribution in [0, 0.1) is 0 Å². The summed E-state index contributed by atoms with van der Waals surface area (Å²) in [5.74, 6) is 0. The molecule has 0 bridgehead atoms. The number of hydrogen-bond acceptors (Lipinski definition) is 3. The van der Waals surface area contributed by atoms with E-state index < -0.39 is 16.8 Å². The molecular weight excluding hydrogens is 260 g/mol. The minimum absolute atomic E-state index is 0.267. The summed E-state index contributed by atoms with van der Waals surface area (Å²) >= 11 is 0. The van der Waals surface area contributed by atoms with Crippen LogP contribution in [0.4, 0.5) is 0 Å². The number of aromatic nitrogens is 4. The fourth-order valence-corrected chi connectivity index (χ4v) is 2.15. The lowest BCUT2D eigenvalue weighted by atomic mass is 10.2. The van der Waals surface area contributed by atoms with Crippen LogP contribution in [0.15, 0.2) is 50.9 Å². The van der Waals surface area contributed by atoms with Gasteiger partial charge in [-0.15, -0.1) is 0 Å². The van der Waals surface area contributed by atoms with Crippen molar-refractivity contribution in [2.75, 3.05) is 0 Å². The summed E-state index contributed by atoms with van der Waals surface area (Å²) in [6.45, 7) is 0.777. The average molecular weight is 272 g/mol. The van der Waals surface area contributed by atoms with Gasteiger partial charge < -0.3 is 4.57 Å². The first-order chi connectivity index (χ1) is 9.65. The van der Waals surface area contributed by atoms with Gasteiger partial charge in [0.1, 0.15) is 0 Å². The third kappa shape index (κ3) is 2.09. The topological polar surface area (TPSA) is 92.7 Å². The highest BCUT2D eigenvalue weighted by Gasteiger charge is 2.03. The average Bonchev–Trinajstić information content (AvgIpc) is 2.85. The molecule has 102 valence electrons. The number of benzene rings is 1. The second kappa shape index (κ2) is 4.69. The number of aryl methyl sites for hydroxylation is 2. The molecular formula is C13H12N4O3. The molecule has 2 aromatic heterocycles. The second-order valence-electron chi connectivity index (χ2n) is 4.42. The maximum Gasteiger partial charge on any atom is 0.343 e. The van der Waals surface area contributed by atoms with Gasteiger partial charge in [0.2, 0.25) is 0 Å². The van der Waals surface area contributed by atoms with Crippen LogP contribution in [-0.4, -0.2) is 19.3 Å². The predicted octanol–water partition coefficient (Wildman–Crippen LogP) is -0.120. The minimum atomic E-state index is -0.933. The Hall–Kier alpha value is -2.83. The smallest absolute Gasteiger partial charge is 0.343 e. The number of H-pyrrole nitrogens is 2. The molecule has 2 heterocycles. The van der Waals surface area contributed by atoms with Crippen LogP contribution < -0.4 is 16.8 Å². The molecule has 0 atom stereocenters. The van der Waals surface area contributed by atoms with E-state index in [1.165, 1.54) is 0 Å². The summed E-state index contributed by atoms with van der Waals surface area (Å²) in [6, 6.07) is 9.85. The normalized spacial score (nSPS) is 11.0. The monoisotopic (exact) mass is 272 g/mol. The van der Waals surface area contributed by atoms with Gasteiger partial charge in [0, 0.05) is 18.3 Å². The highest BCUT2D eigenvalue weighted by molar-refractivity contribution is 5.79. The van der Waals surface area contributed by atoms with Gasteiger partial charge in [-0.05, 0) is 17.5 Å². The third-order valence-electron chi connectivity index (χ3n) is 3.15.